The first-order valence-corrected chi connectivity index (χ1v) is 6.66. The number of ketones is 1. The van der Waals surface area contributed by atoms with Gasteiger partial charge in [0.15, 0.2) is 5.78 Å². The van der Waals surface area contributed by atoms with Crippen molar-refractivity contribution in [1.29, 1.82) is 0 Å². The highest BCUT2D eigenvalue weighted by atomic mass is 16.5. The number of benzene rings is 2. The molecule has 0 spiro atoms. The largest absolute Gasteiger partial charge is 0.497 e. The first-order valence-electron chi connectivity index (χ1n) is 6.66. The van der Waals surface area contributed by atoms with E-state index in [1.54, 1.807) is 7.11 Å². The van der Waals surface area contributed by atoms with Gasteiger partial charge in [-0.25, -0.2) is 0 Å². The standard InChI is InChI=1S/C18H16O2/c1-3-14-15-6-4-5-7-16(15)18(19)17(14)12-8-10-13(20-2)11-9-12/h3-11,14,17H,1H2,2H3/t14-,17+/m1/s1. The van der Waals surface area contributed by atoms with Crippen LogP contribution in [0.3, 0.4) is 0 Å². The summed E-state index contributed by atoms with van der Waals surface area (Å²) in [4.78, 5) is 12.6. The molecule has 3 rings (SSSR count). The highest BCUT2D eigenvalue weighted by Gasteiger charge is 2.38. The Bertz CT molecular complexity index is 655. The predicted octanol–water partition coefficient (Wildman–Crippen LogP) is 3.94. The molecule has 2 aromatic rings. The molecule has 0 fully saturated rings. The lowest BCUT2D eigenvalue weighted by Gasteiger charge is -2.16. The topological polar surface area (TPSA) is 26.3 Å². The third kappa shape index (κ3) is 1.85. The molecule has 2 heteroatoms. The number of carbonyl (C=O) groups excluding carboxylic acids is 1. The molecule has 0 radical (unpaired) electrons. The number of rotatable bonds is 3. The van der Waals surface area contributed by atoms with E-state index in [1.165, 1.54) is 0 Å². The van der Waals surface area contributed by atoms with E-state index in [2.05, 4.69) is 6.58 Å². The molecule has 0 aliphatic heterocycles. The summed E-state index contributed by atoms with van der Waals surface area (Å²) in [6.07, 6.45) is 1.87. The van der Waals surface area contributed by atoms with Crippen LogP contribution in [0.2, 0.25) is 0 Å². The minimum atomic E-state index is -0.171. The molecular formula is C18H16O2. The molecule has 0 saturated carbocycles. The molecule has 0 aromatic heterocycles. The Balaban J connectivity index is 2.05. The lowest BCUT2D eigenvalue weighted by molar-refractivity contribution is 0.0969. The zero-order valence-electron chi connectivity index (χ0n) is 11.4. The summed E-state index contributed by atoms with van der Waals surface area (Å²) >= 11 is 0. The molecule has 2 aromatic carbocycles. The zero-order valence-corrected chi connectivity index (χ0v) is 11.4. The van der Waals surface area contributed by atoms with E-state index < -0.39 is 0 Å². The van der Waals surface area contributed by atoms with Crippen molar-refractivity contribution < 1.29 is 9.53 Å². The molecule has 0 heterocycles. The summed E-state index contributed by atoms with van der Waals surface area (Å²) in [6, 6.07) is 15.5. The first-order chi connectivity index (χ1) is 9.76. The van der Waals surface area contributed by atoms with Crippen molar-refractivity contribution >= 4 is 5.78 Å². The number of allylic oxidation sites excluding steroid dienone is 1. The van der Waals surface area contributed by atoms with Gasteiger partial charge in [-0.2, -0.15) is 0 Å². The van der Waals surface area contributed by atoms with Gasteiger partial charge in [0.25, 0.3) is 0 Å². The second kappa shape index (κ2) is 4.97. The fourth-order valence-corrected chi connectivity index (χ4v) is 2.96. The quantitative estimate of drug-likeness (QED) is 0.785. The van der Waals surface area contributed by atoms with Crippen LogP contribution in [-0.2, 0) is 0 Å². The van der Waals surface area contributed by atoms with Gasteiger partial charge in [-0.15, -0.1) is 6.58 Å². The maximum atomic E-state index is 12.6. The Hall–Kier alpha value is -2.35. The van der Waals surface area contributed by atoms with E-state index >= 15 is 0 Å². The van der Waals surface area contributed by atoms with Gasteiger partial charge in [-0.3, -0.25) is 4.79 Å². The second-order valence-corrected chi connectivity index (χ2v) is 4.96. The number of ether oxygens (including phenoxy) is 1. The maximum Gasteiger partial charge on any atom is 0.171 e. The summed E-state index contributed by atoms with van der Waals surface area (Å²) in [5.41, 5.74) is 2.91. The SMILES string of the molecule is C=C[C@@H]1c2ccccc2C(=O)[C@H]1c1ccc(OC)cc1. The van der Waals surface area contributed by atoms with Gasteiger partial charge in [-0.05, 0) is 23.3 Å². The monoisotopic (exact) mass is 264 g/mol. The Kier molecular flexibility index (Phi) is 3.15. The van der Waals surface area contributed by atoms with Crippen LogP contribution in [0, 0.1) is 0 Å². The Labute approximate surface area is 118 Å². The van der Waals surface area contributed by atoms with Crippen LogP contribution in [-0.4, -0.2) is 12.9 Å². The highest BCUT2D eigenvalue weighted by molar-refractivity contribution is 6.06. The summed E-state index contributed by atoms with van der Waals surface area (Å²) in [5, 5.41) is 0. The number of Topliss-reactive ketones (excluding diaryl/α,β-unsaturated/α-hetero) is 1. The van der Waals surface area contributed by atoms with Crippen molar-refractivity contribution in [2.45, 2.75) is 11.8 Å². The van der Waals surface area contributed by atoms with E-state index in [0.717, 1.165) is 22.4 Å². The molecule has 1 aliphatic rings. The van der Waals surface area contributed by atoms with Crippen molar-refractivity contribution in [1.82, 2.24) is 0 Å². The van der Waals surface area contributed by atoms with E-state index in [4.69, 9.17) is 4.74 Å². The lowest BCUT2D eigenvalue weighted by atomic mass is 9.86. The third-order valence-electron chi connectivity index (χ3n) is 3.96. The molecule has 1 aliphatic carbocycles. The predicted molar refractivity (Wildman–Crippen MR) is 79.4 cm³/mol. The van der Waals surface area contributed by atoms with Gasteiger partial charge in [0.05, 0.1) is 13.0 Å². The Morgan fingerprint density at radius 3 is 2.45 bits per heavy atom. The van der Waals surface area contributed by atoms with E-state index in [-0.39, 0.29) is 17.6 Å². The smallest absolute Gasteiger partial charge is 0.171 e. The maximum absolute atomic E-state index is 12.6. The number of hydrogen-bond donors (Lipinski definition) is 0. The molecule has 0 bridgehead atoms. The average molecular weight is 264 g/mol. The summed E-state index contributed by atoms with van der Waals surface area (Å²) in [6.45, 7) is 3.91. The van der Waals surface area contributed by atoms with Crippen molar-refractivity contribution in [3.63, 3.8) is 0 Å². The van der Waals surface area contributed by atoms with Gasteiger partial charge >= 0.3 is 0 Å². The van der Waals surface area contributed by atoms with Crippen LogP contribution in [0.25, 0.3) is 0 Å². The lowest BCUT2D eigenvalue weighted by Crippen LogP contribution is -2.10. The highest BCUT2D eigenvalue weighted by Crippen LogP contribution is 2.44. The minimum absolute atomic E-state index is 0.0482. The molecule has 100 valence electrons. The second-order valence-electron chi connectivity index (χ2n) is 4.96. The first kappa shape index (κ1) is 12.7. The molecule has 0 unspecified atom stereocenters. The molecule has 0 N–H and O–H groups in total. The average Bonchev–Trinajstić information content (AvgIpc) is 2.80. The third-order valence-corrected chi connectivity index (χ3v) is 3.96. The van der Waals surface area contributed by atoms with Gasteiger partial charge in [0.2, 0.25) is 0 Å². The number of fused-ring (bicyclic) bond motifs is 1. The number of hydrogen-bond acceptors (Lipinski definition) is 2. The van der Waals surface area contributed by atoms with Crippen LogP contribution in [0.1, 0.15) is 33.3 Å². The zero-order chi connectivity index (χ0) is 14.1. The molecular weight excluding hydrogens is 248 g/mol. The van der Waals surface area contributed by atoms with Crippen molar-refractivity contribution in [2.24, 2.45) is 0 Å². The molecule has 20 heavy (non-hydrogen) atoms. The van der Waals surface area contributed by atoms with Crippen molar-refractivity contribution in [3.05, 3.63) is 77.9 Å². The normalized spacial score (nSPS) is 20.6. The van der Waals surface area contributed by atoms with E-state index in [0.29, 0.717) is 0 Å². The fourth-order valence-electron chi connectivity index (χ4n) is 2.96. The van der Waals surface area contributed by atoms with Crippen LogP contribution in [0.5, 0.6) is 5.75 Å². The van der Waals surface area contributed by atoms with Crippen LogP contribution < -0.4 is 4.74 Å². The Morgan fingerprint density at radius 1 is 1.10 bits per heavy atom. The summed E-state index contributed by atoms with van der Waals surface area (Å²) < 4.78 is 5.17. The molecule has 2 nitrogen and oxygen atoms in total. The number of carbonyl (C=O) groups is 1. The van der Waals surface area contributed by atoms with E-state index in [1.807, 2.05) is 54.6 Å². The van der Waals surface area contributed by atoms with Crippen molar-refractivity contribution in [2.75, 3.05) is 7.11 Å². The van der Waals surface area contributed by atoms with Gasteiger partial charge in [0, 0.05) is 11.5 Å². The Morgan fingerprint density at radius 2 is 1.80 bits per heavy atom. The molecule has 0 amide bonds. The van der Waals surface area contributed by atoms with Gasteiger partial charge < -0.3 is 4.74 Å². The number of methoxy groups -OCH3 is 1. The summed E-state index contributed by atoms with van der Waals surface area (Å²) in [5.74, 6) is 0.852. The molecule has 0 saturated heterocycles. The summed E-state index contributed by atoms with van der Waals surface area (Å²) in [7, 11) is 1.64. The van der Waals surface area contributed by atoms with Gasteiger partial charge in [0.1, 0.15) is 5.75 Å². The minimum Gasteiger partial charge on any atom is -0.497 e. The van der Waals surface area contributed by atoms with E-state index in [9.17, 15) is 4.79 Å². The van der Waals surface area contributed by atoms with Crippen LogP contribution >= 0.6 is 0 Å². The molecule has 2 atom stereocenters. The van der Waals surface area contributed by atoms with Crippen LogP contribution in [0.4, 0.5) is 0 Å². The van der Waals surface area contributed by atoms with Crippen molar-refractivity contribution in [3.8, 4) is 5.75 Å². The fraction of sp³-hybridized carbons (Fsp3) is 0.167. The van der Waals surface area contributed by atoms with Gasteiger partial charge in [-0.1, -0.05) is 42.5 Å². The van der Waals surface area contributed by atoms with Crippen LogP contribution in [0.15, 0.2) is 61.2 Å².